The van der Waals surface area contributed by atoms with Crippen LogP contribution >= 0.6 is 0 Å². The zero-order valence-electron chi connectivity index (χ0n) is 8.39. The normalized spacial score (nSPS) is 12.0. The Morgan fingerprint density at radius 1 is 0.600 bits per heavy atom. The van der Waals surface area contributed by atoms with Crippen molar-refractivity contribution in [1.29, 1.82) is 0 Å². The van der Waals surface area contributed by atoms with Gasteiger partial charge in [0.05, 0.1) is 0 Å². The molecule has 0 fully saturated rings. The molecule has 0 bridgehead atoms. The minimum absolute atomic E-state index is 0.583. The summed E-state index contributed by atoms with van der Waals surface area (Å²) < 4.78 is 64.2. The first-order valence-corrected chi connectivity index (χ1v) is 14.2. The van der Waals surface area contributed by atoms with Gasteiger partial charge in [0.2, 0.25) is 0 Å². The quantitative estimate of drug-likeness (QED) is 0.321. The summed E-state index contributed by atoms with van der Waals surface area (Å²) in [7, 11) is 0. The van der Waals surface area contributed by atoms with Crippen molar-refractivity contribution in [2.75, 3.05) is 0 Å². The topological polar surface area (TPSA) is 0 Å². The fourth-order valence-corrected chi connectivity index (χ4v) is 5.65. The molecule has 0 amide bonds. The van der Waals surface area contributed by atoms with Crippen molar-refractivity contribution >= 4 is 22.0 Å². The maximum absolute atomic E-state index is 13.2. The van der Waals surface area contributed by atoms with E-state index in [2.05, 4.69) is 0 Å². The van der Waals surface area contributed by atoms with Gasteiger partial charge < -0.3 is 0 Å². The monoisotopic (exact) mass is 332 g/mol. The van der Waals surface area contributed by atoms with Crippen LogP contribution in [0.5, 0.6) is 0 Å². The third kappa shape index (κ3) is 2.11. The molecule has 0 saturated carbocycles. The molecule has 0 aromatic heterocycles. The van der Waals surface area contributed by atoms with Crippen molar-refractivity contribution in [1.82, 2.24) is 0 Å². The molecule has 0 radical (unpaired) electrons. The molecule has 1 rings (SSSR count). The van der Waals surface area contributed by atoms with Gasteiger partial charge in [-0.05, 0) is 0 Å². The van der Waals surface area contributed by atoms with Crippen LogP contribution in [0.2, 0.25) is 14.8 Å². The molecule has 0 aliphatic heterocycles. The van der Waals surface area contributed by atoms with Crippen LogP contribution in [-0.4, -0.2) is 18.4 Å². The van der Waals surface area contributed by atoms with Crippen LogP contribution < -0.4 is 3.58 Å². The van der Waals surface area contributed by atoms with E-state index in [0.29, 0.717) is 0 Å². The van der Waals surface area contributed by atoms with Crippen LogP contribution in [-0.2, 0) is 0 Å². The van der Waals surface area contributed by atoms with Gasteiger partial charge >= 0.3 is 87.8 Å². The van der Waals surface area contributed by atoms with E-state index in [9.17, 15) is 22.0 Å². The van der Waals surface area contributed by atoms with Gasteiger partial charge in [-0.2, -0.15) is 0 Å². The Bertz CT molecular complexity index is 379. The van der Waals surface area contributed by atoms with Gasteiger partial charge in [-0.1, -0.05) is 0 Å². The van der Waals surface area contributed by atoms with Gasteiger partial charge in [0, 0.05) is 0 Å². The molecule has 0 atom stereocenters. The Balaban J connectivity index is 3.68. The summed E-state index contributed by atoms with van der Waals surface area (Å²) in [6.07, 6.45) is 0. The summed E-state index contributed by atoms with van der Waals surface area (Å²) in [5.41, 5.74) is 0. The van der Waals surface area contributed by atoms with E-state index in [0.717, 1.165) is 0 Å². The zero-order chi connectivity index (χ0) is 12.0. The van der Waals surface area contributed by atoms with Gasteiger partial charge in [0.15, 0.2) is 0 Å². The number of hydrogen-bond donors (Lipinski definition) is 0. The van der Waals surface area contributed by atoms with E-state index in [1.165, 1.54) is 0 Å². The molecular weight excluding hydrogens is 322 g/mol. The predicted molar refractivity (Wildman–Crippen MR) is 49.2 cm³/mol. The second kappa shape index (κ2) is 3.92. The van der Waals surface area contributed by atoms with Gasteiger partial charge in [-0.3, -0.25) is 0 Å². The van der Waals surface area contributed by atoms with E-state index >= 15 is 0 Å². The average molecular weight is 331 g/mol. The van der Waals surface area contributed by atoms with Gasteiger partial charge in [0.25, 0.3) is 0 Å². The van der Waals surface area contributed by atoms with E-state index in [4.69, 9.17) is 0 Å². The molecule has 0 saturated heterocycles. The van der Waals surface area contributed by atoms with Crippen LogP contribution in [0.25, 0.3) is 0 Å². The summed E-state index contributed by atoms with van der Waals surface area (Å²) in [6, 6.07) is 0. The Hall–Kier alpha value is -0.331. The first-order chi connectivity index (χ1) is 6.68. The van der Waals surface area contributed by atoms with Crippen LogP contribution in [0.3, 0.4) is 0 Å². The van der Waals surface area contributed by atoms with E-state index in [1.54, 1.807) is 14.8 Å². The molecule has 0 aliphatic carbocycles. The average Bonchev–Trinajstić information content (AvgIpc) is 2.09. The summed E-state index contributed by atoms with van der Waals surface area (Å²) >= 11 is -3.35. The molecule has 0 unspecified atom stereocenters. The van der Waals surface area contributed by atoms with Gasteiger partial charge in [-0.25, -0.2) is 0 Å². The molecule has 6 heteroatoms. The predicted octanol–water partition coefficient (Wildman–Crippen LogP) is 2.93. The third-order valence-corrected chi connectivity index (χ3v) is 7.49. The molecule has 0 heterocycles. The third-order valence-electron chi connectivity index (χ3n) is 1.96. The van der Waals surface area contributed by atoms with Crippen LogP contribution in [0, 0.1) is 29.1 Å². The van der Waals surface area contributed by atoms with Crippen molar-refractivity contribution in [3.63, 3.8) is 0 Å². The fourth-order valence-electron chi connectivity index (χ4n) is 1.26. The summed E-state index contributed by atoms with van der Waals surface area (Å²) in [5.74, 6) is -9.14. The minimum atomic E-state index is -3.35. The summed E-state index contributed by atoms with van der Waals surface area (Å²) in [5, 5.41) is 0. The maximum atomic E-state index is 13.2. The van der Waals surface area contributed by atoms with Gasteiger partial charge in [0.1, 0.15) is 0 Å². The van der Waals surface area contributed by atoms with Crippen molar-refractivity contribution < 1.29 is 22.0 Å². The number of rotatable bonds is 1. The second-order valence-electron chi connectivity index (χ2n) is 4.19. The van der Waals surface area contributed by atoms with Gasteiger partial charge in [-0.15, -0.1) is 0 Å². The van der Waals surface area contributed by atoms with Crippen molar-refractivity contribution in [2.45, 2.75) is 14.8 Å². The molecule has 0 spiro atoms. The van der Waals surface area contributed by atoms with E-state index < -0.39 is 51.0 Å². The number of halogens is 5. The molecule has 0 nitrogen and oxygen atoms in total. The molecule has 0 N–H and O–H groups in total. The van der Waals surface area contributed by atoms with E-state index in [-0.39, 0.29) is 0 Å². The Morgan fingerprint density at radius 3 is 1.13 bits per heavy atom. The van der Waals surface area contributed by atoms with Crippen molar-refractivity contribution in [2.24, 2.45) is 0 Å². The SMILES string of the molecule is [CH3][Sn]([CH3])([CH3])[c]1c(F)c(F)c(F)c(F)c1F. The molecule has 15 heavy (non-hydrogen) atoms. The summed E-state index contributed by atoms with van der Waals surface area (Å²) in [4.78, 5) is 4.73. The Morgan fingerprint density at radius 2 is 0.867 bits per heavy atom. The molecular formula is C9H9F5Sn. The van der Waals surface area contributed by atoms with E-state index in [1.807, 2.05) is 0 Å². The second-order valence-corrected chi connectivity index (χ2v) is 18.5. The zero-order valence-corrected chi connectivity index (χ0v) is 11.2. The van der Waals surface area contributed by atoms with Crippen LogP contribution in [0.4, 0.5) is 22.0 Å². The number of benzene rings is 1. The molecule has 1 aromatic rings. The van der Waals surface area contributed by atoms with Crippen LogP contribution in [0.15, 0.2) is 0 Å². The molecule has 0 aliphatic rings. The van der Waals surface area contributed by atoms with Crippen LogP contribution in [0.1, 0.15) is 0 Å². The molecule has 1 aromatic carbocycles. The standard InChI is InChI=1S/C6F5.3CH3.Sn/c7-2-1-3(8)5(10)6(11)4(2)9;;;;/h;3*1H3;. The van der Waals surface area contributed by atoms with Crippen molar-refractivity contribution in [3.05, 3.63) is 29.1 Å². The first kappa shape index (κ1) is 12.7. The summed E-state index contributed by atoms with van der Waals surface area (Å²) in [6.45, 7) is 0. The Labute approximate surface area is 88.0 Å². The Kier molecular flexibility index (Phi) is 3.33. The number of hydrogen-bond acceptors (Lipinski definition) is 0. The first-order valence-electron chi connectivity index (χ1n) is 4.19. The van der Waals surface area contributed by atoms with Crippen molar-refractivity contribution in [3.8, 4) is 0 Å². The molecule has 84 valence electrons. The fraction of sp³-hybridized carbons (Fsp3) is 0.333.